The van der Waals surface area contributed by atoms with E-state index in [1.165, 1.54) is 29.3 Å². The zero-order valence-corrected chi connectivity index (χ0v) is 17.2. The standard InChI is InChI=1S/C18H20ClFN4O4S/c1-11-8-24-16(17(7-21-24)29(26,27)13-4-5-28-10-13)9-23(11)18(25)22-12-2-3-15(20)14(19)6-12/h2-3,6-7,11,13H,4-5,8-10H2,1H3,(H,22,25)/t11-,13?/m0/s1. The van der Waals surface area contributed by atoms with Crippen molar-refractivity contribution in [1.29, 1.82) is 0 Å². The zero-order valence-electron chi connectivity index (χ0n) is 15.6. The summed E-state index contributed by atoms with van der Waals surface area (Å²) >= 11 is 5.77. The lowest BCUT2D eigenvalue weighted by molar-refractivity contribution is 0.160. The number of rotatable bonds is 3. The second kappa shape index (κ2) is 7.58. The number of sulfone groups is 1. The van der Waals surface area contributed by atoms with Gasteiger partial charge in [-0.15, -0.1) is 0 Å². The summed E-state index contributed by atoms with van der Waals surface area (Å²) < 4.78 is 46.2. The van der Waals surface area contributed by atoms with E-state index in [9.17, 15) is 17.6 Å². The molecule has 3 heterocycles. The summed E-state index contributed by atoms with van der Waals surface area (Å²) in [4.78, 5) is 14.5. The molecule has 0 spiro atoms. The molecule has 2 amide bonds. The van der Waals surface area contributed by atoms with Crippen LogP contribution >= 0.6 is 11.6 Å². The summed E-state index contributed by atoms with van der Waals surface area (Å²) in [5, 5.41) is 6.21. The number of anilines is 1. The molecule has 1 N–H and O–H groups in total. The minimum absolute atomic E-state index is 0.0874. The van der Waals surface area contributed by atoms with Crippen LogP contribution in [0.25, 0.3) is 0 Å². The monoisotopic (exact) mass is 442 g/mol. The number of hydrogen-bond acceptors (Lipinski definition) is 5. The molecule has 0 aliphatic carbocycles. The van der Waals surface area contributed by atoms with Crippen LogP contribution in [0.15, 0.2) is 29.3 Å². The number of fused-ring (bicyclic) bond motifs is 1. The molecular weight excluding hydrogens is 423 g/mol. The zero-order chi connectivity index (χ0) is 20.8. The van der Waals surface area contributed by atoms with Gasteiger partial charge in [-0.05, 0) is 31.5 Å². The second-order valence-corrected chi connectivity index (χ2v) is 9.81. The van der Waals surface area contributed by atoms with Crippen molar-refractivity contribution in [3.05, 3.63) is 40.9 Å². The summed E-state index contributed by atoms with van der Waals surface area (Å²) in [6, 6.07) is 3.25. The van der Waals surface area contributed by atoms with Crippen LogP contribution in [0.1, 0.15) is 19.0 Å². The van der Waals surface area contributed by atoms with E-state index in [1.54, 1.807) is 4.68 Å². The molecule has 2 atom stereocenters. The number of halogens is 2. The highest BCUT2D eigenvalue weighted by atomic mass is 35.5. The van der Waals surface area contributed by atoms with Crippen LogP contribution < -0.4 is 5.32 Å². The maximum absolute atomic E-state index is 13.3. The topological polar surface area (TPSA) is 93.5 Å². The van der Waals surface area contributed by atoms with E-state index in [0.717, 1.165) is 0 Å². The van der Waals surface area contributed by atoms with Gasteiger partial charge in [0.05, 0.1) is 47.9 Å². The van der Waals surface area contributed by atoms with Gasteiger partial charge >= 0.3 is 6.03 Å². The molecule has 0 radical (unpaired) electrons. The van der Waals surface area contributed by atoms with Crippen LogP contribution in [0.3, 0.4) is 0 Å². The minimum atomic E-state index is -3.60. The van der Waals surface area contributed by atoms with E-state index in [4.69, 9.17) is 16.3 Å². The fraction of sp³-hybridized carbons (Fsp3) is 0.444. The lowest BCUT2D eigenvalue weighted by Crippen LogP contribution is -2.47. The highest BCUT2D eigenvalue weighted by Gasteiger charge is 2.38. The number of benzene rings is 1. The third-order valence-electron chi connectivity index (χ3n) is 5.26. The number of amides is 2. The Balaban J connectivity index is 1.58. The smallest absolute Gasteiger partial charge is 0.322 e. The van der Waals surface area contributed by atoms with Gasteiger partial charge in [0.2, 0.25) is 0 Å². The molecule has 1 unspecified atom stereocenters. The molecule has 1 aromatic carbocycles. The first-order valence-corrected chi connectivity index (χ1v) is 11.1. The molecule has 156 valence electrons. The minimum Gasteiger partial charge on any atom is -0.380 e. The maximum Gasteiger partial charge on any atom is 0.322 e. The lowest BCUT2D eigenvalue weighted by atomic mass is 10.2. The van der Waals surface area contributed by atoms with E-state index in [-0.39, 0.29) is 29.1 Å². The Morgan fingerprint density at radius 2 is 2.21 bits per heavy atom. The Morgan fingerprint density at radius 1 is 1.41 bits per heavy atom. The van der Waals surface area contributed by atoms with Crippen LogP contribution in [0, 0.1) is 5.82 Å². The molecule has 4 rings (SSSR count). The lowest BCUT2D eigenvalue weighted by Gasteiger charge is -2.34. The van der Waals surface area contributed by atoms with Crippen LogP contribution in [0.2, 0.25) is 5.02 Å². The average molecular weight is 443 g/mol. The highest BCUT2D eigenvalue weighted by Crippen LogP contribution is 2.29. The quantitative estimate of drug-likeness (QED) is 0.788. The van der Waals surface area contributed by atoms with Crippen molar-refractivity contribution < 1.29 is 22.3 Å². The maximum atomic E-state index is 13.3. The van der Waals surface area contributed by atoms with Gasteiger partial charge in [0.15, 0.2) is 9.84 Å². The number of ether oxygens (including phenoxy) is 1. The molecule has 2 aromatic rings. The average Bonchev–Trinajstić information content (AvgIpc) is 3.34. The Hall–Kier alpha value is -2.17. The highest BCUT2D eigenvalue weighted by molar-refractivity contribution is 7.92. The van der Waals surface area contributed by atoms with E-state index in [0.29, 0.717) is 31.0 Å². The number of nitrogens with one attached hydrogen (secondary N) is 1. The number of nitrogens with zero attached hydrogens (tertiary/aromatic N) is 3. The molecule has 11 heteroatoms. The van der Waals surface area contributed by atoms with Gasteiger partial charge in [-0.3, -0.25) is 4.68 Å². The van der Waals surface area contributed by atoms with Crippen molar-refractivity contribution in [2.45, 2.75) is 42.6 Å². The molecule has 2 aliphatic rings. The number of urea groups is 1. The van der Waals surface area contributed by atoms with Crippen LogP contribution in [0.4, 0.5) is 14.9 Å². The molecule has 1 saturated heterocycles. The van der Waals surface area contributed by atoms with Gasteiger partial charge in [0.1, 0.15) is 10.7 Å². The summed E-state index contributed by atoms with van der Waals surface area (Å²) in [5.41, 5.74) is 0.825. The summed E-state index contributed by atoms with van der Waals surface area (Å²) in [5.74, 6) is -0.578. The van der Waals surface area contributed by atoms with Crippen LogP contribution in [-0.4, -0.2) is 53.6 Å². The first-order chi connectivity index (χ1) is 13.8. The Labute approximate surface area is 172 Å². The normalized spacial score (nSPS) is 21.8. The molecule has 0 saturated carbocycles. The van der Waals surface area contributed by atoms with Crippen molar-refractivity contribution in [3.63, 3.8) is 0 Å². The van der Waals surface area contributed by atoms with Gasteiger partial charge in [0, 0.05) is 12.3 Å². The SMILES string of the molecule is C[C@H]1Cn2ncc(S(=O)(=O)C3CCOC3)c2CN1C(=O)Nc1ccc(F)c(Cl)c1. The van der Waals surface area contributed by atoms with Gasteiger partial charge in [-0.25, -0.2) is 17.6 Å². The molecule has 29 heavy (non-hydrogen) atoms. The Bertz CT molecular complexity index is 1050. The van der Waals surface area contributed by atoms with Crippen LogP contribution in [0.5, 0.6) is 0 Å². The first kappa shape index (κ1) is 20.1. The van der Waals surface area contributed by atoms with Crippen molar-refractivity contribution in [1.82, 2.24) is 14.7 Å². The van der Waals surface area contributed by atoms with Crippen molar-refractivity contribution >= 4 is 33.2 Å². The third kappa shape index (κ3) is 3.72. The van der Waals surface area contributed by atoms with Crippen molar-refractivity contribution in [2.75, 3.05) is 18.5 Å². The number of aromatic nitrogens is 2. The van der Waals surface area contributed by atoms with Crippen LogP contribution in [-0.2, 0) is 27.7 Å². The molecular formula is C18H20ClFN4O4S. The fourth-order valence-corrected chi connectivity index (χ4v) is 5.51. The Morgan fingerprint density at radius 3 is 2.90 bits per heavy atom. The molecule has 8 nitrogen and oxygen atoms in total. The number of carbonyl (C=O) groups is 1. The molecule has 2 aliphatic heterocycles. The van der Waals surface area contributed by atoms with Gasteiger partial charge in [-0.2, -0.15) is 5.10 Å². The van der Waals surface area contributed by atoms with E-state index >= 15 is 0 Å². The van der Waals surface area contributed by atoms with Gasteiger partial charge < -0.3 is 15.0 Å². The molecule has 0 bridgehead atoms. The van der Waals surface area contributed by atoms with Gasteiger partial charge in [-0.1, -0.05) is 11.6 Å². The Kier molecular flexibility index (Phi) is 5.26. The predicted molar refractivity (Wildman–Crippen MR) is 104 cm³/mol. The summed E-state index contributed by atoms with van der Waals surface area (Å²) in [6.07, 6.45) is 1.80. The third-order valence-corrected chi connectivity index (χ3v) is 7.76. The van der Waals surface area contributed by atoms with E-state index in [1.807, 2.05) is 6.92 Å². The van der Waals surface area contributed by atoms with Gasteiger partial charge in [0.25, 0.3) is 0 Å². The number of carbonyl (C=O) groups excluding carboxylic acids is 1. The summed E-state index contributed by atoms with van der Waals surface area (Å²) in [7, 11) is -3.60. The molecule has 1 aromatic heterocycles. The summed E-state index contributed by atoms with van der Waals surface area (Å²) in [6.45, 7) is 2.88. The first-order valence-electron chi connectivity index (χ1n) is 9.16. The number of hydrogen-bond donors (Lipinski definition) is 1. The second-order valence-electron chi connectivity index (χ2n) is 7.20. The van der Waals surface area contributed by atoms with Crippen molar-refractivity contribution in [2.24, 2.45) is 0 Å². The predicted octanol–water partition coefficient (Wildman–Crippen LogP) is 2.67. The van der Waals surface area contributed by atoms with E-state index < -0.39 is 26.9 Å². The molecule has 1 fully saturated rings. The fourth-order valence-electron chi connectivity index (χ4n) is 3.59. The van der Waals surface area contributed by atoms with Crippen molar-refractivity contribution in [3.8, 4) is 0 Å². The largest absolute Gasteiger partial charge is 0.380 e. The van der Waals surface area contributed by atoms with E-state index in [2.05, 4.69) is 10.4 Å².